The number of rotatable bonds is 8. The fourth-order valence-corrected chi connectivity index (χ4v) is 4.82. The number of benzene rings is 1. The van der Waals surface area contributed by atoms with Crippen molar-refractivity contribution in [1.82, 2.24) is 15.2 Å². The van der Waals surface area contributed by atoms with E-state index in [4.69, 9.17) is 0 Å². The number of hydrogen-bond acceptors (Lipinski definition) is 6. The SMILES string of the molecule is CCN1CCc2nc(NC(=O)C(CCSC)NC(=O)c3cccc(C)c3)sc2C1. The first-order chi connectivity index (χ1) is 14.0. The molecule has 1 aromatic heterocycles. The first kappa shape index (κ1) is 21.8. The molecule has 0 saturated heterocycles. The third-order valence-corrected chi connectivity index (χ3v) is 6.64. The van der Waals surface area contributed by atoms with Crippen LogP contribution in [0, 0.1) is 6.92 Å². The highest BCUT2D eigenvalue weighted by molar-refractivity contribution is 7.98. The number of likely N-dealkylation sites (N-methyl/N-ethyl adjacent to an activating group) is 1. The molecule has 2 amide bonds. The second kappa shape index (κ2) is 10.2. The zero-order chi connectivity index (χ0) is 20.8. The first-order valence-electron chi connectivity index (χ1n) is 9.88. The molecule has 1 aliphatic heterocycles. The molecule has 0 aliphatic carbocycles. The van der Waals surface area contributed by atoms with Crippen molar-refractivity contribution >= 4 is 40.0 Å². The lowest BCUT2D eigenvalue weighted by atomic mass is 10.1. The number of aromatic nitrogens is 1. The summed E-state index contributed by atoms with van der Waals surface area (Å²) >= 11 is 3.19. The van der Waals surface area contributed by atoms with Crippen LogP contribution >= 0.6 is 23.1 Å². The van der Waals surface area contributed by atoms with Gasteiger partial charge in [-0.15, -0.1) is 11.3 Å². The maximum atomic E-state index is 12.9. The third kappa shape index (κ3) is 5.81. The molecule has 0 spiro atoms. The number of nitrogens with zero attached hydrogens (tertiary/aromatic N) is 2. The largest absolute Gasteiger partial charge is 0.340 e. The molecule has 2 heterocycles. The number of carbonyl (C=O) groups excluding carboxylic acids is 2. The van der Waals surface area contributed by atoms with Crippen LogP contribution in [0.15, 0.2) is 24.3 Å². The number of thiazole rings is 1. The van der Waals surface area contributed by atoms with E-state index in [0.717, 1.165) is 43.1 Å². The molecule has 3 rings (SSSR count). The van der Waals surface area contributed by atoms with Crippen LogP contribution in [0.3, 0.4) is 0 Å². The molecule has 0 radical (unpaired) electrons. The number of thioether (sulfide) groups is 1. The maximum Gasteiger partial charge on any atom is 0.251 e. The van der Waals surface area contributed by atoms with E-state index >= 15 is 0 Å². The highest BCUT2D eigenvalue weighted by Gasteiger charge is 2.24. The Morgan fingerprint density at radius 1 is 1.38 bits per heavy atom. The zero-order valence-electron chi connectivity index (χ0n) is 17.2. The van der Waals surface area contributed by atoms with Gasteiger partial charge in [-0.05, 0) is 44.0 Å². The normalized spacial score (nSPS) is 14.9. The molecule has 2 N–H and O–H groups in total. The smallest absolute Gasteiger partial charge is 0.251 e. The number of carbonyl (C=O) groups is 2. The molecule has 1 unspecified atom stereocenters. The van der Waals surface area contributed by atoms with Gasteiger partial charge in [-0.1, -0.05) is 24.6 Å². The number of anilines is 1. The van der Waals surface area contributed by atoms with Gasteiger partial charge in [0.05, 0.1) is 5.69 Å². The molecule has 1 aliphatic rings. The molecule has 156 valence electrons. The molecule has 0 saturated carbocycles. The van der Waals surface area contributed by atoms with E-state index in [1.165, 1.54) is 16.2 Å². The fourth-order valence-electron chi connectivity index (χ4n) is 3.30. The summed E-state index contributed by atoms with van der Waals surface area (Å²) in [7, 11) is 0. The minimum Gasteiger partial charge on any atom is -0.340 e. The Morgan fingerprint density at radius 2 is 2.21 bits per heavy atom. The van der Waals surface area contributed by atoms with Crippen molar-refractivity contribution in [2.75, 3.05) is 30.4 Å². The highest BCUT2D eigenvalue weighted by Crippen LogP contribution is 2.28. The molecule has 1 aromatic carbocycles. The number of amides is 2. The molecule has 2 aromatic rings. The topological polar surface area (TPSA) is 74.3 Å². The van der Waals surface area contributed by atoms with Gasteiger partial charge in [0.25, 0.3) is 5.91 Å². The zero-order valence-corrected chi connectivity index (χ0v) is 18.8. The predicted molar refractivity (Wildman–Crippen MR) is 121 cm³/mol. The van der Waals surface area contributed by atoms with Crippen molar-refractivity contribution in [3.63, 3.8) is 0 Å². The van der Waals surface area contributed by atoms with Crippen LogP contribution in [-0.2, 0) is 17.8 Å². The Bertz CT molecular complexity index is 868. The molecule has 1 atom stereocenters. The van der Waals surface area contributed by atoms with Gasteiger partial charge in [0.2, 0.25) is 5.91 Å². The lowest BCUT2D eigenvalue weighted by Gasteiger charge is -2.23. The molecule has 0 fully saturated rings. The van der Waals surface area contributed by atoms with E-state index in [9.17, 15) is 9.59 Å². The van der Waals surface area contributed by atoms with Gasteiger partial charge in [0.15, 0.2) is 5.13 Å². The van der Waals surface area contributed by atoms with E-state index in [1.807, 2.05) is 31.4 Å². The van der Waals surface area contributed by atoms with Gasteiger partial charge in [0.1, 0.15) is 6.04 Å². The van der Waals surface area contributed by atoms with Crippen LogP contribution in [0.2, 0.25) is 0 Å². The molecule has 0 bridgehead atoms. The quantitative estimate of drug-likeness (QED) is 0.669. The Hall–Kier alpha value is -1.90. The summed E-state index contributed by atoms with van der Waals surface area (Å²) in [6.07, 6.45) is 3.47. The van der Waals surface area contributed by atoms with Gasteiger partial charge in [0, 0.05) is 30.0 Å². The molecule has 8 heteroatoms. The van der Waals surface area contributed by atoms with Crippen molar-refractivity contribution in [2.45, 2.75) is 39.3 Å². The van der Waals surface area contributed by atoms with Gasteiger partial charge in [-0.25, -0.2) is 4.98 Å². The monoisotopic (exact) mass is 432 g/mol. The van der Waals surface area contributed by atoms with Crippen molar-refractivity contribution in [2.24, 2.45) is 0 Å². The highest BCUT2D eigenvalue weighted by atomic mass is 32.2. The summed E-state index contributed by atoms with van der Waals surface area (Å²) in [4.78, 5) is 33.7. The van der Waals surface area contributed by atoms with Crippen LogP contribution in [0.25, 0.3) is 0 Å². The Kier molecular flexibility index (Phi) is 7.69. The van der Waals surface area contributed by atoms with Crippen molar-refractivity contribution in [1.29, 1.82) is 0 Å². The average Bonchev–Trinajstić information content (AvgIpc) is 3.11. The minimum absolute atomic E-state index is 0.210. The maximum absolute atomic E-state index is 12.9. The number of hydrogen-bond donors (Lipinski definition) is 2. The molecule has 6 nitrogen and oxygen atoms in total. The molecule has 29 heavy (non-hydrogen) atoms. The van der Waals surface area contributed by atoms with E-state index < -0.39 is 6.04 Å². The van der Waals surface area contributed by atoms with Crippen LogP contribution in [0.1, 0.15) is 39.8 Å². The van der Waals surface area contributed by atoms with E-state index in [0.29, 0.717) is 17.1 Å². The average molecular weight is 433 g/mol. The van der Waals surface area contributed by atoms with E-state index in [2.05, 4.69) is 27.4 Å². The lowest BCUT2D eigenvalue weighted by molar-refractivity contribution is -0.118. The summed E-state index contributed by atoms with van der Waals surface area (Å²) in [6.45, 7) is 7.00. The third-order valence-electron chi connectivity index (χ3n) is 5.00. The summed E-state index contributed by atoms with van der Waals surface area (Å²) < 4.78 is 0. The van der Waals surface area contributed by atoms with Crippen LogP contribution in [0.4, 0.5) is 5.13 Å². The van der Waals surface area contributed by atoms with Crippen LogP contribution in [0.5, 0.6) is 0 Å². The van der Waals surface area contributed by atoms with E-state index in [1.54, 1.807) is 17.8 Å². The summed E-state index contributed by atoms with van der Waals surface area (Å²) in [5.74, 6) is 0.344. The second-order valence-corrected chi connectivity index (χ2v) is 9.24. The van der Waals surface area contributed by atoms with Crippen molar-refractivity contribution in [3.05, 3.63) is 46.0 Å². The van der Waals surface area contributed by atoms with Gasteiger partial charge in [-0.3, -0.25) is 14.5 Å². The van der Waals surface area contributed by atoms with E-state index in [-0.39, 0.29) is 11.8 Å². The van der Waals surface area contributed by atoms with Crippen molar-refractivity contribution in [3.8, 4) is 0 Å². The predicted octanol–water partition coefficient (Wildman–Crippen LogP) is 3.32. The molecular weight excluding hydrogens is 404 g/mol. The summed E-state index contributed by atoms with van der Waals surface area (Å²) in [5, 5.41) is 6.45. The van der Waals surface area contributed by atoms with Crippen LogP contribution < -0.4 is 10.6 Å². The second-order valence-electron chi connectivity index (χ2n) is 7.17. The number of fused-ring (bicyclic) bond motifs is 1. The lowest BCUT2D eigenvalue weighted by Crippen LogP contribution is -2.44. The number of aryl methyl sites for hydroxylation is 1. The Balaban J connectivity index is 1.68. The van der Waals surface area contributed by atoms with Gasteiger partial charge >= 0.3 is 0 Å². The first-order valence-corrected chi connectivity index (χ1v) is 12.1. The summed E-state index contributed by atoms with van der Waals surface area (Å²) in [6, 6.07) is 6.79. The minimum atomic E-state index is -0.594. The van der Waals surface area contributed by atoms with Gasteiger partial charge < -0.3 is 10.6 Å². The summed E-state index contributed by atoms with van der Waals surface area (Å²) in [5.41, 5.74) is 2.66. The van der Waals surface area contributed by atoms with Crippen molar-refractivity contribution < 1.29 is 9.59 Å². The Morgan fingerprint density at radius 3 is 2.93 bits per heavy atom. The Labute approximate surface area is 180 Å². The van der Waals surface area contributed by atoms with Crippen LogP contribution in [-0.4, -0.2) is 52.8 Å². The van der Waals surface area contributed by atoms with Gasteiger partial charge in [-0.2, -0.15) is 11.8 Å². The molecular formula is C21H28N4O2S2. The number of nitrogens with one attached hydrogen (secondary N) is 2. The standard InChI is InChI=1S/C21H28N4O2S2/c1-4-25-10-8-16-18(13-25)29-21(23-16)24-20(27)17(9-11-28-3)22-19(26)15-7-5-6-14(2)12-15/h5-7,12,17H,4,8-11,13H2,1-3H3,(H,22,26)(H,23,24,27). The fraction of sp³-hybridized carbons (Fsp3) is 0.476.